The second-order valence-corrected chi connectivity index (χ2v) is 30.2. The number of carbonyl (C=O) groups is 11. The van der Waals surface area contributed by atoms with Gasteiger partial charge >= 0.3 is 30.2 Å². The number of nitrogens with two attached hydrogens (primary N) is 1. The zero-order chi connectivity index (χ0) is 89.4. The molecule has 10 amide bonds. The Morgan fingerprint density at radius 3 is 1.89 bits per heavy atom. The van der Waals surface area contributed by atoms with Gasteiger partial charge in [-0.05, 0) is 103 Å². The molecule has 9 unspecified atom stereocenters. The number of benzene rings is 5. The molecule has 2 saturated heterocycles. The summed E-state index contributed by atoms with van der Waals surface area (Å²) in [6, 6.07) is -3.01. The highest BCUT2D eigenvalue weighted by Crippen LogP contribution is 2.50. The molecule has 0 saturated carbocycles. The largest absolute Gasteiger partial charge is 0.508 e. The van der Waals surface area contributed by atoms with Crippen molar-refractivity contribution in [3.8, 4) is 57.1 Å². The molecule has 38 nitrogen and oxygen atoms in total. The fourth-order valence-electron chi connectivity index (χ4n) is 13.9. The molecule has 18 atom stereocenters. The van der Waals surface area contributed by atoms with Gasteiger partial charge in [-0.25, -0.2) is 14.4 Å². The highest BCUT2D eigenvalue weighted by atomic mass is 35.5. The average molecular weight is 1750 g/mol. The summed E-state index contributed by atoms with van der Waals surface area (Å²) in [5.74, 6) is -20.4. The van der Waals surface area contributed by atoms with Gasteiger partial charge in [0.25, 0.3) is 0 Å². The summed E-state index contributed by atoms with van der Waals surface area (Å²) in [5, 5.41) is 113. The van der Waals surface area contributed by atoms with E-state index in [1.165, 1.54) is 33.0 Å². The Labute approximate surface area is 701 Å². The number of phenols is 3. The maximum Gasteiger partial charge on any atom is 0.471 e. The first kappa shape index (κ1) is 92.2. The summed E-state index contributed by atoms with van der Waals surface area (Å²) >= 11 is 14.3. The number of esters is 1. The van der Waals surface area contributed by atoms with E-state index in [-0.39, 0.29) is 36.7 Å². The van der Waals surface area contributed by atoms with E-state index < -0.39 is 291 Å². The molecule has 5 aromatic rings. The predicted octanol–water partition coefficient (Wildman–Crippen LogP) is 3.43. The van der Waals surface area contributed by atoms with Crippen LogP contribution >= 0.6 is 23.2 Å². The van der Waals surface area contributed by atoms with Gasteiger partial charge in [0, 0.05) is 42.8 Å². The Morgan fingerprint density at radius 2 is 1.29 bits per heavy atom. The first-order valence-corrected chi connectivity index (χ1v) is 38.1. The number of hydrogen-bond donors (Lipinski definition) is 17. The summed E-state index contributed by atoms with van der Waals surface area (Å²) < 4.78 is 96.2. The quantitative estimate of drug-likeness (QED) is 0.0284. The second kappa shape index (κ2) is 38.8. The van der Waals surface area contributed by atoms with Gasteiger partial charge in [0.2, 0.25) is 53.4 Å². The van der Waals surface area contributed by atoms with Gasteiger partial charge in [-0.15, -0.1) is 0 Å². The van der Waals surface area contributed by atoms with E-state index in [9.17, 15) is 82.8 Å². The van der Waals surface area contributed by atoms with E-state index in [0.29, 0.717) is 0 Å². The molecule has 0 spiro atoms. The monoisotopic (exact) mass is 1750 g/mol. The molecule has 0 aromatic heterocycles. The number of aromatic hydroxyl groups is 3. The van der Waals surface area contributed by atoms with Crippen LogP contribution in [-0.4, -0.2) is 230 Å². The van der Waals surface area contributed by atoms with Crippen molar-refractivity contribution in [2.24, 2.45) is 11.7 Å². The molecular weight excluding hydrogens is 1660 g/mol. The molecule has 0 radical (unpaired) electrons. The van der Waals surface area contributed by atoms with Gasteiger partial charge in [0.05, 0.1) is 28.1 Å². The number of amides is 10. The van der Waals surface area contributed by atoms with Crippen LogP contribution in [0.15, 0.2) is 117 Å². The first-order chi connectivity index (χ1) is 57.5. The van der Waals surface area contributed by atoms with Crippen LogP contribution in [0.25, 0.3) is 11.1 Å². The van der Waals surface area contributed by atoms with Gasteiger partial charge in [-0.2, -0.15) is 13.2 Å². The van der Waals surface area contributed by atoms with E-state index in [2.05, 4.69) is 57.0 Å². The van der Waals surface area contributed by atoms with E-state index in [1.807, 2.05) is 0 Å². The number of phenolic OH excluding ortho intramolecular Hbond substituents is 3. The maximum absolute atomic E-state index is 16.3. The summed E-state index contributed by atoms with van der Waals surface area (Å²) in [6.45, 7) is 14.1. The van der Waals surface area contributed by atoms with Crippen molar-refractivity contribution in [3.05, 3.63) is 155 Å². The van der Waals surface area contributed by atoms with Crippen LogP contribution in [0.2, 0.25) is 10.0 Å². The number of aliphatic hydroxyl groups is 5. The van der Waals surface area contributed by atoms with Crippen LogP contribution in [0.4, 0.5) is 22.8 Å². The van der Waals surface area contributed by atoms with E-state index in [4.69, 9.17) is 71.6 Å². The Morgan fingerprint density at radius 1 is 0.697 bits per heavy atom. The fraction of sp³-hybridized carbons (Fsp3) is 0.405. The fourth-order valence-corrected chi connectivity index (χ4v) is 14.4. The number of carbonyl (C=O) groups excluding carboxylic acids is 11. The minimum Gasteiger partial charge on any atom is -0.508 e. The number of nitrogens with zero attached hydrogens (tertiary/aromatic N) is 1. The topological polar surface area (TPSA) is 558 Å². The predicted molar refractivity (Wildman–Crippen MR) is 416 cm³/mol. The van der Waals surface area contributed by atoms with Crippen molar-refractivity contribution in [2.75, 3.05) is 33.4 Å². The van der Waals surface area contributed by atoms with Crippen molar-refractivity contribution in [1.82, 2.24) is 47.4 Å². The number of ether oxygens (including phenoxy) is 9. The molecule has 43 heteroatoms. The Kier molecular flexibility index (Phi) is 29.3. The average Bonchev–Trinajstić information content (AvgIpc) is 0.762. The molecule has 656 valence electrons. The number of fused-ring (bicyclic) bond motifs is 15. The Bertz CT molecular complexity index is 4910. The van der Waals surface area contributed by atoms with Crippen LogP contribution in [0.5, 0.6) is 46.0 Å². The molecule has 7 aliphatic rings. The standard InChI is InChI=1S/C79H87Cl2F3N10O28/c1-9-18-114-73(110)57-40-27-38(95)28-46(97)54(40)39-22-34(12-15-45(39)96)55-69(106)92-59(72(109)90-57)61(100)36-14-17-48(42(81)24-36)119-50-26-37-25-49(64(50)122-74-65(63(102)62(101)51(120-74)31-86-75(111)79(82,83)84)121-53-30-78(7,66(103)33(6)117-53)93-76(112)115-19-10-2)118-47-16-13-35(23-41(47)80)60(99)58(91-68(105)44(21-32(4)5)94(8)77(113)116-20-11-3)71(108)87-43(29-52(85)98)67(104)88-56(37)70(107)89-55/h9-17,22-28,32-33,43-44,51,53,55-63,65-66,74,95-97,99-103H,1-3,18-21,29-31H2,4-8H3,(H2,85,98)(H,86,111)(H,87,108)(H,88,104)(H,89,107)(H,90,109)(H,91,105)(H,92,106)(H,93,112)/t33?,43-,44+,51?,53?,55+,56+,57+,58+,59-,60+,61+,62?,63?,65?,66?,74?,78?/m0/s1. The molecular formula is C79H87Cl2F3N10O28. The number of aliphatic hydroxyl groups excluding tert-OH is 5. The number of rotatable bonds is 21. The molecule has 18 N–H and O–H groups in total. The number of hydrogen-bond acceptors (Lipinski definition) is 28. The van der Waals surface area contributed by atoms with Crippen molar-refractivity contribution >= 4 is 88.6 Å². The van der Waals surface area contributed by atoms with E-state index >= 15 is 24.0 Å². The second-order valence-electron chi connectivity index (χ2n) is 29.4. The van der Waals surface area contributed by atoms with Crippen LogP contribution < -0.4 is 62.5 Å². The molecule has 11 bridgehead atoms. The number of alkyl halides is 3. The number of alkyl carbamates (subject to hydrolysis) is 1. The summed E-state index contributed by atoms with van der Waals surface area (Å²) in [7, 11) is 1.19. The number of likely N-dealkylation sites (N-methyl/N-ethyl adjacent to an activating group) is 1. The SMILES string of the molecule is C=CCOC(=O)NC1(C)CC(OC2C(Oc3c4cc5cc3Oc3ccc(cc3Cl)[C@@H](O)[C@@H](NC(=O)[C@@H](CC(C)C)N(C)C(=O)OCC=C)C(=O)N[C@@H](CC(N)=O)C(=O)N[C@H]5C(=O)N[C@H]3C(=O)N[C@H](C(=O)N[C@@H](C(=O)OCC=C)c5cc(O)cc(O)c5-c5cc3ccc5O)[C@H](O)c3ccc(c(Cl)c3)O4)OC(CNC(=O)C(F)(F)F)C(O)C2O)OC(C)C1O. The summed E-state index contributed by atoms with van der Waals surface area (Å²) in [6.07, 6.45) is -27.0. The zero-order valence-corrected chi connectivity index (χ0v) is 66.9. The lowest BCUT2D eigenvalue weighted by Crippen LogP contribution is -2.66. The number of halogens is 5. The van der Waals surface area contributed by atoms with Crippen LogP contribution in [0.1, 0.15) is 105 Å². The summed E-state index contributed by atoms with van der Waals surface area (Å²) in [4.78, 5) is 161. The van der Waals surface area contributed by atoms with Crippen LogP contribution in [0.3, 0.4) is 0 Å². The van der Waals surface area contributed by atoms with Gasteiger partial charge in [0.15, 0.2) is 29.9 Å². The highest BCUT2D eigenvalue weighted by Gasteiger charge is 2.54. The van der Waals surface area contributed by atoms with Gasteiger partial charge < -0.3 is 132 Å². The minimum absolute atomic E-state index is 0.134. The summed E-state index contributed by atoms with van der Waals surface area (Å²) in [5.41, 5.74) is 0.676. The smallest absolute Gasteiger partial charge is 0.471 e. The number of primary amides is 1. The number of nitrogens with one attached hydrogen (secondary N) is 8. The third-order valence-electron chi connectivity index (χ3n) is 20.0. The Balaban J connectivity index is 1.25. The highest BCUT2D eigenvalue weighted by molar-refractivity contribution is 6.32. The third kappa shape index (κ3) is 21.1. The van der Waals surface area contributed by atoms with Crippen molar-refractivity contribution in [3.63, 3.8) is 0 Å². The lowest BCUT2D eigenvalue weighted by molar-refractivity contribution is -0.331. The zero-order valence-electron chi connectivity index (χ0n) is 65.4. The first-order valence-electron chi connectivity index (χ1n) is 37.4. The molecule has 5 aromatic carbocycles. The molecule has 0 aliphatic carbocycles. The van der Waals surface area contributed by atoms with Crippen LogP contribution in [0, 0.1) is 5.92 Å². The molecule has 122 heavy (non-hydrogen) atoms. The molecule has 12 rings (SSSR count). The van der Waals surface area contributed by atoms with Crippen molar-refractivity contribution < 1.29 is 149 Å². The maximum atomic E-state index is 16.3. The third-order valence-corrected chi connectivity index (χ3v) is 20.6. The minimum atomic E-state index is -5.57. The lowest BCUT2D eigenvalue weighted by atomic mass is 9.85. The van der Waals surface area contributed by atoms with Crippen molar-refractivity contribution in [2.45, 2.75) is 162 Å². The molecule has 7 heterocycles. The van der Waals surface area contributed by atoms with Crippen molar-refractivity contribution in [1.29, 1.82) is 0 Å². The lowest BCUT2D eigenvalue weighted by Gasteiger charge is -2.48. The Hall–Kier alpha value is -12.1. The van der Waals surface area contributed by atoms with Crippen LogP contribution in [-0.2, 0) is 71.6 Å². The normalized spacial score (nSPS) is 26.2. The molecule has 2 fully saturated rings. The van der Waals surface area contributed by atoms with Gasteiger partial charge in [-0.3, -0.25) is 43.3 Å². The van der Waals surface area contributed by atoms with Gasteiger partial charge in [0.1, 0.15) is 121 Å². The molecule has 7 aliphatic heterocycles. The van der Waals surface area contributed by atoms with E-state index in [1.54, 1.807) is 19.2 Å². The van der Waals surface area contributed by atoms with Gasteiger partial charge in [-0.1, -0.05) is 93.2 Å². The van der Waals surface area contributed by atoms with E-state index in [0.717, 1.165) is 89.8 Å².